The fourth-order valence-electron chi connectivity index (χ4n) is 3.89. The van der Waals surface area contributed by atoms with E-state index in [-0.39, 0.29) is 5.91 Å². The zero-order chi connectivity index (χ0) is 17.6. The molecular formula is C20H30N4O. The van der Waals surface area contributed by atoms with Crippen molar-refractivity contribution in [1.29, 1.82) is 0 Å². The molecule has 2 aromatic rings. The predicted octanol–water partition coefficient (Wildman–Crippen LogP) is 3.31. The monoisotopic (exact) mass is 342 g/mol. The van der Waals surface area contributed by atoms with Crippen molar-refractivity contribution in [3.8, 4) is 0 Å². The number of rotatable bonds is 8. The second-order valence-corrected chi connectivity index (χ2v) is 7.27. The van der Waals surface area contributed by atoms with E-state index in [0.717, 1.165) is 38.1 Å². The Morgan fingerprint density at radius 3 is 3.00 bits per heavy atom. The molecule has 5 heteroatoms. The maximum absolute atomic E-state index is 11.1. The predicted molar refractivity (Wildman–Crippen MR) is 101 cm³/mol. The number of unbranched alkanes of at least 4 members (excludes halogenated alkanes) is 1. The number of imidazole rings is 1. The van der Waals surface area contributed by atoms with Crippen LogP contribution >= 0.6 is 0 Å². The van der Waals surface area contributed by atoms with Gasteiger partial charge in [0.05, 0.1) is 17.6 Å². The van der Waals surface area contributed by atoms with Gasteiger partial charge in [-0.05, 0) is 50.3 Å². The minimum Gasteiger partial charge on any atom is -0.370 e. The van der Waals surface area contributed by atoms with Crippen LogP contribution in [0.2, 0.25) is 0 Å². The maximum atomic E-state index is 11.1. The molecule has 25 heavy (non-hydrogen) atoms. The summed E-state index contributed by atoms with van der Waals surface area (Å²) in [5.74, 6) is 1.57. The molecule has 0 saturated carbocycles. The number of nitrogens with zero attached hydrogens (tertiary/aromatic N) is 3. The maximum Gasteiger partial charge on any atom is 0.217 e. The summed E-state index contributed by atoms with van der Waals surface area (Å²) in [7, 11) is 0. The summed E-state index contributed by atoms with van der Waals surface area (Å²) < 4.78 is 2.39. The molecule has 136 valence electrons. The SMILES string of the molecule is CCCCn1c(CN2CCC[C@@H](CCC(N)=O)C2)nc2ccccc21. The van der Waals surface area contributed by atoms with E-state index in [1.165, 1.54) is 37.0 Å². The molecule has 0 unspecified atom stereocenters. The first kappa shape index (κ1) is 17.9. The van der Waals surface area contributed by atoms with Gasteiger partial charge in [-0.2, -0.15) is 0 Å². The summed E-state index contributed by atoms with van der Waals surface area (Å²) in [6.45, 7) is 6.32. The normalized spacial score (nSPS) is 18.7. The van der Waals surface area contributed by atoms with Crippen molar-refractivity contribution in [2.45, 2.75) is 58.5 Å². The number of amides is 1. The summed E-state index contributed by atoms with van der Waals surface area (Å²) in [5, 5.41) is 0. The highest BCUT2D eigenvalue weighted by molar-refractivity contribution is 5.75. The molecule has 1 amide bonds. The number of aryl methyl sites for hydroxylation is 1. The highest BCUT2D eigenvalue weighted by Gasteiger charge is 2.22. The Morgan fingerprint density at radius 2 is 2.20 bits per heavy atom. The van der Waals surface area contributed by atoms with Gasteiger partial charge in [0.1, 0.15) is 5.82 Å². The van der Waals surface area contributed by atoms with Crippen LogP contribution in [0.15, 0.2) is 24.3 Å². The van der Waals surface area contributed by atoms with Crippen LogP contribution < -0.4 is 5.73 Å². The van der Waals surface area contributed by atoms with Crippen molar-refractivity contribution in [3.05, 3.63) is 30.1 Å². The second kappa shape index (κ2) is 8.48. The fourth-order valence-corrected chi connectivity index (χ4v) is 3.89. The van der Waals surface area contributed by atoms with Crippen molar-refractivity contribution in [2.75, 3.05) is 13.1 Å². The summed E-state index contributed by atoms with van der Waals surface area (Å²) in [5.41, 5.74) is 7.65. The quantitative estimate of drug-likeness (QED) is 0.800. The number of para-hydroxylation sites is 2. The third-order valence-corrected chi connectivity index (χ3v) is 5.24. The molecule has 1 aromatic carbocycles. The van der Waals surface area contributed by atoms with E-state index in [1.54, 1.807) is 0 Å². The molecule has 0 aliphatic carbocycles. The van der Waals surface area contributed by atoms with Gasteiger partial charge in [-0.3, -0.25) is 9.69 Å². The van der Waals surface area contributed by atoms with Crippen LogP contribution in [0, 0.1) is 5.92 Å². The number of benzene rings is 1. The van der Waals surface area contributed by atoms with Crippen molar-refractivity contribution < 1.29 is 4.79 Å². The molecule has 3 rings (SSSR count). The van der Waals surface area contributed by atoms with Crippen LogP contribution in [0.5, 0.6) is 0 Å². The summed E-state index contributed by atoms with van der Waals surface area (Å²) >= 11 is 0. The number of carbonyl (C=O) groups excluding carboxylic acids is 1. The topological polar surface area (TPSA) is 64.2 Å². The fraction of sp³-hybridized carbons (Fsp3) is 0.600. The minimum atomic E-state index is -0.182. The average molecular weight is 342 g/mol. The first-order chi connectivity index (χ1) is 12.2. The number of aromatic nitrogens is 2. The first-order valence-electron chi connectivity index (χ1n) is 9.62. The molecule has 1 aliphatic rings. The van der Waals surface area contributed by atoms with Crippen molar-refractivity contribution in [3.63, 3.8) is 0 Å². The van der Waals surface area contributed by atoms with Crippen molar-refractivity contribution in [2.24, 2.45) is 11.7 Å². The number of primary amides is 1. The van der Waals surface area contributed by atoms with Gasteiger partial charge in [0.25, 0.3) is 0 Å². The molecular weight excluding hydrogens is 312 g/mol. The van der Waals surface area contributed by atoms with E-state index < -0.39 is 0 Å². The number of piperidine rings is 1. The number of hydrogen-bond acceptors (Lipinski definition) is 3. The molecule has 1 aromatic heterocycles. The molecule has 1 atom stereocenters. The van der Waals surface area contributed by atoms with Crippen LogP contribution in [-0.4, -0.2) is 33.4 Å². The molecule has 5 nitrogen and oxygen atoms in total. The van der Waals surface area contributed by atoms with Gasteiger partial charge < -0.3 is 10.3 Å². The van der Waals surface area contributed by atoms with Gasteiger partial charge >= 0.3 is 0 Å². The van der Waals surface area contributed by atoms with Crippen LogP contribution in [0.4, 0.5) is 0 Å². The Labute approximate surface area is 150 Å². The van der Waals surface area contributed by atoms with Crippen LogP contribution in [0.3, 0.4) is 0 Å². The third-order valence-electron chi connectivity index (χ3n) is 5.24. The highest BCUT2D eigenvalue weighted by Crippen LogP contribution is 2.24. The van der Waals surface area contributed by atoms with Crippen LogP contribution in [-0.2, 0) is 17.9 Å². The van der Waals surface area contributed by atoms with Crippen LogP contribution in [0.25, 0.3) is 11.0 Å². The van der Waals surface area contributed by atoms with E-state index in [4.69, 9.17) is 10.7 Å². The first-order valence-corrected chi connectivity index (χ1v) is 9.62. The Bertz CT molecular complexity index is 709. The molecule has 2 heterocycles. The summed E-state index contributed by atoms with van der Waals surface area (Å²) in [6.07, 6.45) is 6.18. The lowest BCUT2D eigenvalue weighted by atomic mass is 9.93. The number of nitrogens with two attached hydrogens (primary N) is 1. The smallest absolute Gasteiger partial charge is 0.217 e. The molecule has 0 spiro atoms. The number of hydrogen-bond donors (Lipinski definition) is 1. The Morgan fingerprint density at radius 1 is 1.36 bits per heavy atom. The Kier molecular flexibility index (Phi) is 6.08. The van der Waals surface area contributed by atoms with Gasteiger partial charge in [0, 0.05) is 19.5 Å². The van der Waals surface area contributed by atoms with E-state index in [0.29, 0.717) is 12.3 Å². The summed E-state index contributed by atoms with van der Waals surface area (Å²) in [4.78, 5) is 18.5. The van der Waals surface area contributed by atoms with Gasteiger partial charge in [0.15, 0.2) is 0 Å². The summed E-state index contributed by atoms with van der Waals surface area (Å²) in [6, 6.07) is 8.43. The lowest BCUT2D eigenvalue weighted by Crippen LogP contribution is -2.36. The highest BCUT2D eigenvalue weighted by atomic mass is 16.1. The molecule has 1 saturated heterocycles. The number of likely N-dealkylation sites (tertiary alicyclic amines) is 1. The minimum absolute atomic E-state index is 0.182. The van der Waals surface area contributed by atoms with E-state index in [9.17, 15) is 4.79 Å². The second-order valence-electron chi connectivity index (χ2n) is 7.27. The third kappa shape index (κ3) is 4.60. The molecule has 0 bridgehead atoms. The molecule has 1 aliphatic heterocycles. The number of carbonyl (C=O) groups is 1. The van der Waals surface area contributed by atoms with Gasteiger partial charge in [-0.15, -0.1) is 0 Å². The Balaban J connectivity index is 1.72. The van der Waals surface area contributed by atoms with E-state index in [2.05, 4.69) is 40.7 Å². The van der Waals surface area contributed by atoms with E-state index in [1.807, 2.05) is 0 Å². The van der Waals surface area contributed by atoms with Gasteiger partial charge in [-0.1, -0.05) is 25.5 Å². The average Bonchev–Trinajstić information content (AvgIpc) is 2.95. The zero-order valence-corrected chi connectivity index (χ0v) is 15.3. The van der Waals surface area contributed by atoms with Crippen molar-refractivity contribution >= 4 is 16.9 Å². The zero-order valence-electron chi connectivity index (χ0n) is 15.3. The van der Waals surface area contributed by atoms with Crippen LogP contribution in [0.1, 0.15) is 51.3 Å². The number of fused-ring (bicyclic) bond motifs is 1. The van der Waals surface area contributed by atoms with Gasteiger partial charge in [0.2, 0.25) is 5.91 Å². The van der Waals surface area contributed by atoms with E-state index >= 15 is 0 Å². The lowest BCUT2D eigenvalue weighted by molar-refractivity contribution is -0.118. The Hall–Kier alpha value is -1.88. The van der Waals surface area contributed by atoms with Gasteiger partial charge in [-0.25, -0.2) is 4.98 Å². The molecule has 1 fully saturated rings. The van der Waals surface area contributed by atoms with Crippen molar-refractivity contribution in [1.82, 2.24) is 14.5 Å². The molecule has 2 N–H and O–H groups in total. The largest absolute Gasteiger partial charge is 0.370 e. The standard InChI is InChI=1S/C20H30N4O/c1-2-3-13-24-18-9-5-4-8-17(18)22-20(24)15-23-12-6-7-16(14-23)10-11-19(21)25/h4-5,8-9,16H,2-3,6-7,10-15H2,1H3,(H2,21,25)/t16-/m0/s1. The molecule has 0 radical (unpaired) electrons. The lowest BCUT2D eigenvalue weighted by Gasteiger charge is -2.32.